The van der Waals surface area contributed by atoms with Crippen LogP contribution >= 0.6 is 11.8 Å². The van der Waals surface area contributed by atoms with Crippen molar-refractivity contribution < 1.29 is 9.94 Å². The Kier molecular flexibility index (Phi) is 6.16. The van der Waals surface area contributed by atoms with E-state index in [4.69, 9.17) is 15.7 Å². The molecule has 6 heteroatoms. The van der Waals surface area contributed by atoms with Crippen molar-refractivity contribution in [3.63, 3.8) is 0 Å². The summed E-state index contributed by atoms with van der Waals surface area (Å²) >= 11 is 1.83. The van der Waals surface area contributed by atoms with Crippen LogP contribution in [0.25, 0.3) is 0 Å². The molecular weight excluding hydrogens is 274 g/mol. The fraction of sp³-hybridized carbons (Fsp3) is 0.500. The van der Waals surface area contributed by atoms with Crippen LogP contribution in [-0.2, 0) is 6.54 Å². The largest absolute Gasteiger partial charge is 0.496 e. The number of thioether (sulfide) groups is 1. The highest BCUT2D eigenvalue weighted by molar-refractivity contribution is 7.99. The second-order valence-electron chi connectivity index (χ2n) is 5.09. The minimum absolute atomic E-state index is 0.0492. The number of hydrogen-bond donors (Lipinski definition) is 3. The van der Waals surface area contributed by atoms with Crippen molar-refractivity contribution in [1.82, 2.24) is 5.32 Å². The molecule has 4 N–H and O–H groups in total. The molecule has 0 unspecified atom stereocenters. The molecule has 0 amide bonds. The number of oxime groups is 1. The van der Waals surface area contributed by atoms with Gasteiger partial charge in [0, 0.05) is 17.8 Å². The lowest BCUT2D eigenvalue weighted by molar-refractivity contribution is 0.318. The molecule has 0 saturated heterocycles. The summed E-state index contributed by atoms with van der Waals surface area (Å²) in [4.78, 5) is 0. The fourth-order valence-electron chi connectivity index (χ4n) is 1.70. The number of ether oxygens (including phenoxy) is 1. The summed E-state index contributed by atoms with van der Waals surface area (Å²) in [6.45, 7) is 6.01. The van der Waals surface area contributed by atoms with Crippen LogP contribution in [0.2, 0.25) is 0 Å². The third kappa shape index (κ3) is 4.61. The van der Waals surface area contributed by atoms with Gasteiger partial charge < -0.3 is 21.0 Å². The van der Waals surface area contributed by atoms with Crippen molar-refractivity contribution in [2.45, 2.75) is 25.1 Å². The van der Waals surface area contributed by atoms with E-state index in [9.17, 15) is 0 Å². The normalized spacial score (nSPS) is 12.5. The maximum absolute atomic E-state index is 8.80. The van der Waals surface area contributed by atoms with Gasteiger partial charge in [-0.15, -0.1) is 0 Å². The zero-order valence-electron chi connectivity index (χ0n) is 12.4. The molecule has 112 valence electrons. The highest BCUT2D eigenvalue weighted by atomic mass is 32.2. The number of benzene rings is 1. The summed E-state index contributed by atoms with van der Waals surface area (Å²) in [5.74, 6) is 0.640. The van der Waals surface area contributed by atoms with Crippen LogP contribution in [-0.4, -0.2) is 35.7 Å². The number of methoxy groups -OCH3 is 1. The standard InChI is InChI=1S/C14H23N3O2S/c1-14(2,20-4)9-16-8-10-5-6-12(19-3)11(7-10)13(15)17-18/h5-7,16,18H,8-9H2,1-4H3,(H2,15,17). The smallest absolute Gasteiger partial charge is 0.173 e. The first-order chi connectivity index (χ1) is 9.43. The van der Waals surface area contributed by atoms with Crippen molar-refractivity contribution in [1.29, 1.82) is 0 Å². The van der Waals surface area contributed by atoms with E-state index >= 15 is 0 Å². The van der Waals surface area contributed by atoms with Crippen LogP contribution in [0, 0.1) is 0 Å². The van der Waals surface area contributed by atoms with Gasteiger partial charge >= 0.3 is 0 Å². The maximum Gasteiger partial charge on any atom is 0.173 e. The molecule has 0 bridgehead atoms. The van der Waals surface area contributed by atoms with E-state index in [-0.39, 0.29) is 10.6 Å². The van der Waals surface area contributed by atoms with Crippen LogP contribution < -0.4 is 15.8 Å². The Morgan fingerprint density at radius 1 is 1.50 bits per heavy atom. The second-order valence-corrected chi connectivity index (χ2v) is 6.60. The summed E-state index contributed by atoms with van der Waals surface area (Å²) < 4.78 is 5.40. The first-order valence-electron chi connectivity index (χ1n) is 6.34. The van der Waals surface area contributed by atoms with Gasteiger partial charge in [0.15, 0.2) is 5.84 Å². The van der Waals surface area contributed by atoms with Crippen LogP contribution in [0.5, 0.6) is 5.75 Å². The molecule has 0 heterocycles. The minimum Gasteiger partial charge on any atom is -0.496 e. The third-order valence-corrected chi connectivity index (χ3v) is 4.33. The molecule has 1 aromatic rings. The van der Waals surface area contributed by atoms with Gasteiger partial charge in [-0.1, -0.05) is 11.2 Å². The zero-order valence-corrected chi connectivity index (χ0v) is 13.3. The Morgan fingerprint density at radius 3 is 2.75 bits per heavy atom. The number of nitrogens with one attached hydrogen (secondary N) is 1. The Labute approximate surface area is 124 Å². The van der Waals surface area contributed by atoms with Crippen molar-refractivity contribution in [2.24, 2.45) is 10.9 Å². The quantitative estimate of drug-likeness (QED) is 0.310. The fourth-order valence-corrected chi connectivity index (χ4v) is 1.95. The monoisotopic (exact) mass is 297 g/mol. The van der Waals surface area contributed by atoms with Crippen molar-refractivity contribution in [3.8, 4) is 5.75 Å². The zero-order chi connectivity index (χ0) is 15.2. The van der Waals surface area contributed by atoms with E-state index in [0.717, 1.165) is 18.7 Å². The summed E-state index contributed by atoms with van der Waals surface area (Å²) in [6.07, 6.45) is 2.10. The van der Waals surface area contributed by atoms with E-state index in [1.807, 2.05) is 30.0 Å². The predicted molar refractivity (Wildman–Crippen MR) is 84.8 cm³/mol. The lowest BCUT2D eigenvalue weighted by Crippen LogP contribution is -2.31. The molecule has 0 saturated carbocycles. The first-order valence-corrected chi connectivity index (χ1v) is 7.56. The van der Waals surface area contributed by atoms with Gasteiger partial charge in [-0.3, -0.25) is 0 Å². The Bertz CT molecular complexity index is 475. The molecule has 0 spiro atoms. The van der Waals surface area contributed by atoms with Gasteiger partial charge in [-0.25, -0.2) is 0 Å². The topological polar surface area (TPSA) is 79.9 Å². The molecule has 1 rings (SSSR count). The minimum atomic E-state index is 0.0492. The summed E-state index contributed by atoms with van der Waals surface area (Å²) in [7, 11) is 1.56. The van der Waals surface area contributed by atoms with Crippen LogP contribution in [0.1, 0.15) is 25.0 Å². The lowest BCUT2D eigenvalue weighted by atomic mass is 10.1. The molecule has 5 nitrogen and oxygen atoms in total. The van der Waals surface area contributed by atoms with Gasteiger partial charge in [0.05, 0.1) is 12.7 Å². The van der Waals surface area contributed by atoms with E-state index in [2.05, 4.69) is 30.6 Å². The van der Waals surface area contributed by atoms with Crippen LogP contribution in [0.15, 0.2) is 23.4 Å². The average molecular weight is 297 g/mol. The van der Waals surface area contributed by atoms with Crippen molar-refractivity contribution in [3.05, 3.63) is 29.3 Å². The van der Waals surface area contributed by atoms with Gasteiger partial charge in [0.2, 0.25) is 0 Å². The van der Waals surface area contributed by atoms with E-state index in [1.165, 1.54) is 0 Å². The number of hydrogen-bond acceptors (Lipinski definition) is 5. The SMILES string of the molecule is COc1ccc(CNCC(C)(C)SC)cc1/C(N)=N/O. The Morgan fingerprint density at radius 2 is 2.20 bits per heavy atom. The molecule has 1 aromatic carbocycles. The molecule has 0 aliphatic rings. The van der Waals surface area contributed by atoms with Gasteiger partial charge in [-0.2, -0.15) is 11.8 Å². The van der Waals surface area contributed by atoms with Crippen molar-refractivity contribution >= 4 is 17.6 Å². The van der Waals surface area contributed by atoms with E-state index in [1.54, 1.807) is 7.11 Å². The van der Waals surface area contributed by atoms with Crippen molar-refractivity contribution in [2.75, 3.05) is 19.9 Å². The predicted octanol–water partition coefficient (Wildman–Crippen LogP) is 2.02. The summed E-state index contributed by atoms with van der Waals surface area (Å²) in [5, 5.41) is 15.2. The molecule has 0 atom stereocenters. The van der Waals surface area contributed by atoms with Gasteiger partial charge in [0.25, 0.3) is 0 Å². The second kappa shape index (κ2) is 7.40. The average Bonchev–Trinajstić information content (AvgIpc) is 2.46. The molecule has 0 aromatic heterocycles. The Hall–Kier alpha value is -1.40. The summed E-state index contributed by atoms with van der Waals surface area (Å²) in [6, 6.07) is 5.66. The summed E-state index contributed by atoms with van der Waals surface area (Å²) in [5.41, 5.74) is 7.31. The Balaban J connectivity index is 2.78. The van der Waals surface area contributed by atoms with Gasteiger partial charge in [0.1, 0.15) is 5.75 Å². The number of nitrogens with two attached hydrogens (primary N) is 1. The maximum atomic E-state index is 8.80. The number of nitrogens with zero attached hydrogens (tertiary/aromatic N) is 1. The molecule has 0 aliphatic carbocycles. The van der Waals surface area contributed by atoms with E-state index < -0.39 is 0 Å². The lowest BCUT2D eigenvalue weighted by Gasteiger charge is -2.22. The number of rotatable bonds is 7. The van der Waals surface area contributed by atoms with Gasteiger partial charge in [-0.05, 0) is 37.8 Å². The van der Waals surface area contributed by atoms with Crippen LogP contribution in [0.4, 0.5) is 0 Å². The highest BCUT2D eigenvalue weighted by Gasteiger charge is 2.15. The first kappa shape index (κ1) is 16.7. The van der Waals surface area contributed by atoms with E-state index in [0.29, 0.717) is 11.3 Å². The molecular formula is C14H23N3O2S. The molecule has 0 aliphatic heterocycles. The molecule has 20 heavy (non-hydrogen) atoms. The third-order valence-electron chi connectivity index (χ3n) is 3.08. The van der Waals surface area contributed by atoms with Crippen LogP contribution in [0.3, 0.4) is 0 Å². The molecule has 0 radical (unpaired) electrons. The number of amidine groups is 1. The molecule has 0 fully saturated rings. The highest BCUT2D eigenvalue weighted by Crippen LogP contribution is 2.21.